The van der Waals surface area contributed by atoms with E-state index in [0.717, 1.165) is 68.3 Å². The van der Waals surface area contributed by atoms with Crippen molar-refractivity contribution in [2.75, 3.05) is 56.2 Å². The van der Waals surface area contributed by atoms with Crippen LogP contribution >= 0.6 is 0 Å². The summed E-state index contributed by atoms with van der Waals surface area (Å²) in [5.74, 6) is 1.67. The van der Waals surface area contributed by atoms with E-state index >= 15 is 0 Å². The average molecular weight is 449 g/mol. The molecule has 0 bridgehead atoms. The van der Waals surface area contributed by atoms with Crippen molar-refractivity contribution in [1.82, 2.24) is 9.88 Å². The number of aromatic amines is 1. The smallest absolute Gasteiger partial charge is 0.221 e. The largest absolute Gasteiger partial charge is 0.486 e. The summed E-state index contributed by atoms with van der Waals surface area (Å²) in [6, 6.07) is 12.3. The van der Waals surface area contributed by atoms with Crippen LogP contribution in [0.15, 0.2) is 42.6 Å². The summed E-state index contributed by atoms with van der Waals surface area (Å²) in [6.07, 6.45) is 5.48. The number of H-pyrrole nitrogens is 1. The van der Waals surface area contributed by atoms with Gasteiger partial charge >= 0.3 is 0 Å². The lowest BCUT2D eigenvalue weighted by Crippen LogP contribution is -2.46. The van der Waals surface area contributed by atoms with Crippen LogP contribution in [-0.4, -0.2) is 61.7 Å². The standard InChI is InChI=1S/C26H32N4O3/c1-19(31)28-21-5-7-24-23(16-21)20(18-27-24)4-2-3-9-29-10-12-30(13-11-29)22-6-8-25-26(17-22)33-15-14-32-25/h5-8,16-18,27H,2-4,9-15H2,1H3,(H,28,31). The maximum atomic E-state index is 11.4. The highest BCUT2D eigenvalue weighted by Gasteiger charge is 2.19. The fourth-order valence-electron chi connectivity index (χ4n) is 4.78. The first kappa shape index (κ1) is 21.6. The lowest BCUT2D eigenvalue weighted by atomic mass is 10.1. The Kier molecular flexibility index (Phi) is 6.39. The Bertz CT molecular complexity index is 1120. The van der Waals surface area contributed by atoms with E-state index in [2.05, 4.69) is 44.5 Å². The highest BCUT2D eigenvalue weighted by atomic mass is 16.6. The summed E-state index contributed by atoms with van der Waals surface area (Å²) < 4.78 is 11.4. The van der Waals surface area contributed by atoms with Gasteiger partial charge in [-0.3, -0.25) is 9.69 Å². The number of anilines is 2. The van der Waals surface area contributed by atoms with Gasteiger partial charge in [0.1, 0.15) is 13.2 Å². The van der Waals surface area contributed by atoms with Crippen LogP contribution in [0.25, 0.3) is 10.9 Å². The summed E-state index contributed by atoms with van der Waals surface area (Å²) in [5.41, 5.74) is 4.51. The van der Waals surface area contributed by atoms with Gasteiger partial charge < -0.3 is 24.7 Å². The van der Waals surface area contributed by atoms with Gasteiger partial charge in [-0.25, -0.2) is 0 Å². The van der Waals surface area contributed by atoms with Crippen molar-refractivity contribution in [3.8, 4) is 11.5 Å². The fourth-order valence-corrected chi connectivity index (χ4v) is 4.78. The second-order valence-electron chi connectivity index (χ2n) is 8.87. The molecule has 0 saturated carbocycles. The van der Waals surface area contributed by atoms with Crippen LogP contribution in [0.1, 0.15) is 25.3 Å². The molecule has 3 heterocycles. The zero-order chi connectivity index (χ0) is 22.6. The minimum Gasteiger partial charge on any atom is -0.486 e. The number of benzene rings is 2. The molecule has 5 rings (SSSR count). The summed E-state index contributed by atoms with van der Waals surface area (Å²) in [7, 11) is 0. The second kappa shape index (κ2) is 9.75. The van der Waals surface area contributed by atoms with E-state index in [-0.39, 0.29) is 5.91 Å². The molecular weight excluding hydrogens is 416 g/mol. The molecule has 2 aliphatic heterocycles. The van der Waals surface area contributed by atoms with Gasteiger partial charge in [-0.15, -0.1) is 0 Å². The predicted octanol–water partition coefficient (Wildman–Crippen LogP) is 4.04. The normalized spacial score (nSPS) is 16.2. The summed E-state index contributed by atoms with van der Waals surface area (Å²) in [5, 5.41) is 4.08. The SMILES string of the molecule is CC(=O)Nc1ccc2[nH]cc(CCCCN3CCN(c4ccc5c(c4)OCCO5)CC3)c2c1. The van der Waals surface area contributed by atoms with Crippen LogP contribution in [0.2, 0.25) is 0 Å². The van der Waals surface area contributed by atoms with Crippen molar-refractivity contribution in [3.63, 3.8) is 0 Å². The van der Waals surface area contributed by atoms with Gasteiger partial charge in [0.05, 0.1) is 0 Å². The number of carbonyl (C=O) groups excluding carboxylic acids is 1. The van der Waals surface area contributed by atoms with Gasteiger partial charge in [0.15, 0.2) is 11.5 Å². The number of fused-ring (bicyclic) bond motifs is 2. The molecule has 2 N–H and O–H groups in total. The van der Waals surface area contributed by atoms with E-state index in [1.807, 2.05) is 18.2 Å². The number of aromatic nitrogens is 1. The van der Waals surface area contributed by atoms with Gasteiger partial charge in [0.2, 0.25) is 5.91 Å². The van der Waals surface area contributed by atoms with Gasteiger partial charge in [0.25, 0.3) is 0 Å². The van der Waals surface area contributed by atoms with E-state index < -0.39 is 0 Å². The molecule has 33 heavy (non-hydrogen) atoms. The van der Waals surface area contributed by atoms with E-state index in [4.69, 9.17) is 9.47 Å². The maximum absolute atomic E-state index is 11.4. The van der Waals surface area contributed by atoms with Crippen molar-refractivity contribution < 1.29 is 14.3 Å². The lowest BCUT2D eigenvalue weighted by molar-refractivity contribution is -0.114. The topological polar surface area (TPSA) is 69.8 Å². The molecule has 1 amide bonds. The van der Waals surface area contributed by atoms with E-state index in [1.165, 1.54) is 30.0 Å². The van der Waals surface area contributed by atoms with Crippen molar-refractivity contribution in [1.29, 1.82) is 0 Å². The predicted molar refractivity (Wildman–Crippen MR) is 132 cm³/mol. The molecule has 3 aromatic rings. The number of carbonyl (C=O) groups is 1. The van der Waals surface area contributed by atoms with Crippen LogP contribution in [0.3, 0.4) is 0 Å². The molecule has 1 fully saturated rings. The number of hydrogen-bond donors (Lipinski definition) is 2. The first-order valence-electron chi connectivity index (χ1n) is 11.9. The van der Waals surface area contributed by atoms with Gasteiger partial charge in [-0.05, 0) is 61.7 Å². The molecular formula is C26H32N4O3. The molecule has 174 valence electrons. The van der Waals surface area contributed by atoms with Crippen molar-refractivity contribution >= 4 is 28.2 Å². The maximum Gasteiger partial charge on any atom is 0.221 e. The molecule has 0 aliphatic carbocycles. The molecule has 0 atom stereocenters. The Balaban J connectivity index is 1.08. The fraction of sp³-hybridized carbons (Fsp3) is 0.423. The third-order valence-electron chi connectivity index (χ3n) is 6.52. The van der Waals surface area contributed by atoms with Crippen LogP contribution in [0, 0.1) is 0 Å². The third-order valence-corrected chi connectivity index (χ3v) is 6.52. The van der Waals surface area contributed by atoms with Crippen molar-refractivity contribution in [2.24, 2.45) is 0 Å². The Morgan fingerprint density at radius 3 is 2.64 bits per heavy atom. The lowest BCUT2D eigenvalue weighted by Gasteiger charge is -2.36. The van der Waals surface area contributed by atoms with E-state index in [0.29, 0.717) is 13.2 Å². The number of amides is 1. The molecule has 1 aromatic heterocycles. The summed E-state index contributed by atoms with van der Waals surface area (Å²) in [4.78, 5) is 19.7. The zero-order valence-corrected chi connectivity index (χ0v) is 19.2. The molecule has 0 radical (unpaired) electrons. The second-order valence-corrected chi connectivity index (χ2v) is 8.87. The van der Waals surface area contributed by atoms with Crippen molar-refractivity contribution in [2.45, 2.75) is 26.2 Å². The average Bonchev–Trinajstić information content (AvgIpc) is 3.24. The summed E-state index contributed by atoms with van der Waals surface area (Å²) >= 11 is 0. The number of piperazine rings is 1. The number of rotatable bonds is 7. The van der Waals surface area contributed by atoms with Crippen LogP contribution in [0.5, 0.6) is 11.5 Å². The van der Waals surface area contributed by atoms with E-state index in [9.17, 15) is 4.79 Å². The number of aryl methyl sites for hydroxylation is 1. The molecule has 7 nitrogen and oxygen atoms in total. The minimum absolute atomic E-state index is 0.0412. The van der Waals surface area contributed by atoms with Gasteiger partial charge in [-0.2, -0.15) is 0 Å². The number of nitrogens with one attached hydrogen (secondary N) is 2. The third kappa shape index (κ3) is 5.09. The zero-order valence-electron chi connectivity index (χ0n) is 19.2. The summed E-state index contributed by atoms with van der Waals surface area (Å²) in [6.45, 7) is 8.17. The Labute approximate surface area is 194 Å². The quantitative estimate of drug-likeness (QED) is 0.534. The molecule has 1 saturated heterocycles. The molecule has 2 aromatic carbocycles. The Morgan fingerprint density at radius 1 is 1.00 bits per heavy atom. The molecule has 0 spiro atoms. The Hall–Kier alpha value is -3.19. The van der Waals surface area contributed by atoms with Crippen molar-refractivity contribution in [3.05, 3.63) is 48.2 Å². The first-order chi connectivity index (χ1) is 16.2. The van der Waals surface area contributed by atoms with Crippen LogP contribution in [0.4, 0.5) is 11.4 Å². The Morgan fingerprint density at radius 2 is 1.82 bits per heavy atom. The van der Waals surface area contributed by atoms with Gasteiger partial charge in [0, 0.05) is 67.6 Å². The minimum atomic E-state index is -0.0412. The number of nitrogens with zero attached hydrogens (tertiary/aromatic N) is 2. The number of ether oxygens (including phenoxy) is 2. The molecule has 7 heteroatoms. The van der Waals surface area contributed by atoms with Crippen LogP contribution in [-0.2, 0) is 11.2 Å². The molecule has 2 aliphatic rings. The van der Waals surface area contributed by atoms with E-state index in [1.54, 1.807) is 0 Å². The highest BCUT2D eigenvalue weighted by Crippen LogP contribution is 2.34. The highest BCUT2D eigenvalue weighted by molar-refractivity contribution is 5.93. The number of hydrogen-bond acceptors (Lipinski definition) is 5. The first-order valence-corrected chi connectivity index (χ1v) is 11.9. The van der Waals surface area contributed by atoms with Gasteiger partial charge in [-0.1, -0.05) is 0 Å². The van der Waals surface area contributed by atoms with Crippen LogP contribution < -0.4 is 19.7 Å². The molecule has 0 unspecified atom stereocenters. The number of unbranched alkanes of at least 4 members (excludes halogenated alkanes) is 1. The monoisotopic (exact) mass is 448 g/mol.